The molecule has 1 aromatic rings. The van der Waals surface area contributed by atoms with Gasteiger partial charge in [0.1, 0.15) is 0 Å². The second-order valence-corrected chi connectivity index (χ2v) is 6.32. The maximum atomic E-state index is 12.6. The zero-order valence-electron chi connectivity index (χ0n) is 10.5. The van der Waals surface area contributed by atoms with E-state index in [0.717, 1.165) is 38.6 Å². The number of amides is 1. The van der Waals surface area contributed by atoms with Crippen LogP contribution in [-0.2, 0) is 11.2 Å². The Balaban J connectivity index is 1.77. The highest BCUT2D eigenvalue weighted by Gasteiger charge is 2.32. The maximum Gasteiger partial charge on any atom is 0.230 e. The molecule has 1 unspecified atom stereocenters. The van der Waals surface area contributed by atoms with Crippen molar-refractivity contribution >= 4 is 17.2 Å². The van der Waals surface area contributed by atoms with Gasteiger partial charge in [-0.1, -0.05) is 0 Å². The highest BCUT2D eigenvalue weighted by atomic mass is 32.1. The van der Waals surface area contributed by atoms with E-state index in [9.17, 15) is 9.90 Å². The summed E-state index contributed by atoms with van der Waals surface area (Å²) in [6.45, 7) is 1.33. The first-order valence-electron chi connectivity index (χ1n) is 6.79. The molecular formula is C14H19NO2S. The first kappa shape index (κ1) is 12.2. The Hall–Kier alpha value is -0.870. The van der Waals surface area contributed by atoms with Crippen LogP contribution < -0.4 is 0 Å². The standard InChI is InChI=1S/C14H19NO2S/c16-10-3-2-7-15(9-10)14(17)12-4-1-5-13-11(12)6-8-18-13/h6,8,10,12,16H,1-5,7,9H2/t10-,12?/m0/s1. The van der Waals surface area contributed by atoms with Gasteiger partial charge in [-0.15, -0.1) is 11.3 Å². The Morgan fingerprint density at radius 1 is 1.39 bits per heavy atom. The van der Waals surface area contributed by atoms with Crippen LogP contribution in [0.25, 0.3) is 0 Å². The van der Waals surface area contributed by atoms with Crippen LogP contribution in [0.4, 0.5) is 0 Å². The van der Waals surface area contributed by atoms with Gasteiger partial charge in [0.05, 0.1) is 12.0 Å². The lowest BCUT2D eigenvalue weighted by molar-refractivity contribution is -0.136. The molecule has 1 amide bonds. The third-order valence-corrected chi connectivity index (χ3v) is 5.05. The van der Waals surface area contributed by atoms with Crippen LogP contribution in [0, 0.1) is 0 Å². The molecule has 18 heavy (non-hydrogen) atoms. The van der Waals surface area contributed by atoms with Crippen molar-refractivity contribution in [3.63, 3.8) is 0 Å². The minimum absolute atomic E-state index is 0.0466. The predicted molar refractivity (Wildman–Crippen MR) is 71.8 cm³/mol. The molecule has 2 aliphatic rings. The molecule has 1 saturated heterocycles. The number of nitrogens with zero attached hydrogens (tertiary/aromatic N) is 1. The molecule has 0 saturated carbocycles. The van der Waals surface area contributed by atoms with Gasteiger partial charge in [-0.05, 0) is 49.1 Å². The fourth-order valence-electron chi connectivity index (χ4n) is 3.12. The van der Waals surface area contributed by atoms with Crippen molar-refractivity contribution in [1.82, 2.24) is 4.90 Å². The number of piperidine rings is 1. The highest BCUT2D eigenvalue weighted by Crippen LogP contribution is 2.36. The number of carbonyl (C=O) groups excluding carboxylic acids is 1. The fourth-order valence-corrected chi connectivity index (χ4v) is 4.11. The smallest absolute Gasteiger partial charge is 0.230 e. The van der Waals surface area contributed by atoms with E-state index in [0.29, 0.717) is 6.54 Å². The van der Waals surface area contributed by atoms with E-state index in [4.69, 9.17) is 0 Å². The van der Waals surface area contributed by atoms with Crippen molar-refractivity contribution in [3.8, 4) is 0 Å². The predicted octanol–water partition coefficient (Wildman–Crippen LogP) is 2.15. The molecule has 0 spiro atoms. The Bertz CT molecular complexity index is 443. The molecular weight excluding hydrogens is 246 g/mol. The summed E-state index contributed by atoms with van der Waals surface area (Å²) < 4.78 is 0. The first-order valence-corrected chi connectivity index (χ1v) is 7.67. The molecule has 3 rings (SSSR count). The number of aryl methyl sites for hydroxylation is 1. The van der Waals surface area contributed by atoms with Crippen molar-refractivity contribution in [2.75, 3.05) is 13.1 Å². The van der Waals surface area contributed by atoms with E-state index in [2.05, 4.69) is 11.4 Å². The number of rotatable bonds is 1. The number of β-amino-alcohol motifs (C(OH)–C–C–N with tert-alkyl or cyclic N) is 1. The summed E-state index contributed by atoms with van der Waals surface area (Å²) in [5.41, 5.74) is 1.25. The summed E-state index contributed by atoms with van der Waals surface area (Å²) in [5.74, 6) is 0.276. The summed E-state index contributed by atoms with van der Waals surface area (Å²) in [4.78, 5) is 15.8. The van der Waals surface area contributed by atoms with Crippen LogP contribution >= 0.6 is 11.3 Å². The van der Waals surface area contributed by atoms with Crippen molar-refractivity contribution in [2.45, 2.75) is 44.1 Å². The first-order chi connectivity index (χ1) is 8.75. The molecule has 98 valence electrons. The van der Waals surface area contributed by atoms with Crippen molar-refractivity contribution < 1.29 is 9.90 Å². The third kappa shape index (κ3) is 2.19. The van der Waals surface area contributed by atoms with E-state index in [-0.39, 0.29) is 17.9 Å². The van der Waals surface area contributed by atoms with E-state index in [1.54, 1.807) is 11.3 Å². The molecule has 3 nitrogen and oxygen atoms in total. The van der Waals surface area contributed by atoms with Gasteiger partial charge in [-0.25, -0.2) is 0 Å². The van der Waals surface area contributed by atoms with Crippen LogP contribution in [-0.4, -0.2) is 35.1 Å². The summed E-state index contributed by atoms with van der Waals surface area (Å²) >= 11 is 1.77. The molecule has 1 aliphatic carbocycles. The number of likely N-dealkylation sites (tertiary alicyclic amines) is 1. The van der Waals surface area contributed by atoms with Crippen LogP contribution in [0.15, 0.2) is 11.4 Å². The average molecular weight is 265 g/mol. The minimum Gasteiger partial charge on any atom is -0.391 e. The largest absolute Gasteiger partial charge is 0.391 e. The molecule has 0 radical (unpaired) electrons. The van der Waals surface area contributed by atoms with Gasteiger partial charge in [0.25, 0.3) is 0 Å². The number of aliphatic hydroxyl groups excluding tert-OH is 1. The van der Waals surface area contributed by atoms with E-state index < -0.39 is 0 Å². The number of hydrogen-bond acceptors (Lipinski definition) is 3. The average Bonchev–Trinajstić information content (AvgIpc) is 2.86. The lowest BCUT2D eigenvalue weighted by Gasteiger charge is -2.34. The summed E-state index contributed by atoms with van der Waals surface area (Å²) in [7, 11) is 0. The monoisotopic (exact) mass is 265 g/mol. The SMILES string of the molecule is O=C(C1CCCc2sccc21)N1CCC[C@H](O)C1. The molecule has 1 N–H and O–H groups in total. The topological polar surface area (TPSA) is 40.5 Å². The summed E-state index contributed by atoms with van der Waals surface area (Å²) in [5, 5.41) is 11.8. The van der Waals surface area contributed by atoms with Gasteiger partial charge in [0.2, 0.25) is 5.91 Å². The van der Waals surface area contributed by atoms with Gasteiger partial charge in [-0.3, -0.25) is 4.79 Å². The lowest BCUT2D eigenvalue weighted by atomic mass is 9.86. The molecule has 1 fully saturated rings. The number of aliphatic hydroxyl groups is 1. The molecule has 1 aliphatic heterocycles. The molecule has 2 heterocycles. The number of thiophene rings is 1. The molecule has 2 atom stereocenters. The highest BCUT2D eigenvalue weighted by molar-refractivity contribution is 7.10. The second kappa shape index (κ2) is 5.02. The Kier molecular flexibility index (Phi) is 3.39. The van der Waals surface area contributed by atoms with Gasteiger partial charge >= 0.3 is 0 Å². The zero-order valence-corrected chi connectivity index (χ0v) is 11.3. The van der Waals surface area contributed by atoms with Crippen LogP contribution in [0.2, 0.25) is 0 Å². The summed E-state index contributed by atoms with van der Waals surface area (Å²) in [6, 6.07) is 2.11. The zero-order chi connectivity index (χ0) is 12.5. The van der Waals surface area contributed by atoms with Crippen LogP contribution in [0.1, 0.15) is 42.0 Å². The van der Waals surface area contributed by atoms with E-state index in [1.807, 2.05) is 4.90 Å². The molecule has 0 aromatic carbocycles. The number of carbonyl (C=O) groups is 1. The van der Waals surface area contributed by atoms with Gasteiger partial charge in [0.15, 0.2) is 0 Å². The maximum absolute atomic E-state index is 12.6. The second-order valence-electron chi connectivity index (χ2n) is 5.32. The van der Waals surface area contributed by atoms with Gasteiger partial charge in [-0.2, -0.15) is 0 Å². The Morgan fingerprint density at radius 2 is 2.28 bits per heavy atom. The quantitative estimate of drug-likeness (QED) is 0.845. The number of fused-ring (bicyclic) bond motifs is 1. The lowest BCUT2D eigenvalue weighted by Crippen LogP contribution is -2.44. The molecule has 0 bridgehead atoms. The van der Waals surface area contributed by atoms with E-state index >= 15 is 0 Å². The van der Waals surface area contributed by atoms with E-state index in [1.165, 1.54) is 10.4 Å². The summed E-state index contributed by atoms with van der Waals surface area (Å²) in [6.07, 6.45) is 4.64. The Morgan fingerprint density at radius 3 is 3.11 bits per heavy atom. The molecule has 1 aromatic heterocycles. The Labute approximate surface area is 111 Å². The van der Waals surface area contributed by atoms with Crippen LogP contribution in [0.5, 0.6) is 0 Å². The minimum atomic E-state index is -0.326. The normalized spacial score (nSPS) is 27.9. The molecule has 4 heteroatoms. The van der Waals surface area contributed by atoms with Gasteiger partial charge in [0, 0.05) is 18.0 Å². The number of hydrogen-bond donors (Lipinski definition) is 1. The van der Waals surface area contributed by atoms with Gasteiger partial charge < -0.3 is 10.0 Å². The van der Waals surface area contributed by atoms with Crippen LogP contribution in [0.3, 0.4) is 0 Å². The van der Waals surface area contributed by atoms with Crippen molar-refractivity contribution in [2.24, 2.45) is 0 Å². The third-order valence-electron chi connectivity index (χ3n) is 4.06. The van der Waals surface area contributed by atoms with Crippen molar-refractivity contribution in [3.05, 3.63) is 21.9 Å². The van der Waals surface area contributed by atoms with Crippen molar-refractivity contribution in [1.29, 1.82) is 0 Å². The fraction of sp³-hybridized carbons (Fsp3) is 0.643.